The van der Waals surface area contributed by atoms with Gasteiger partial charge in [-0.1, -0.05) is 0 Å². The minimum Gasteiger partial charge on any atom is -0.481 e. The predicted octanol–water partition coefficient (Wildman–Crippen LogP) is -2.46. The Kier molecular flexibility index (Phi) is 15.0. The van der Waals surface area contributed by atoms with Gasteiger partial charge in [-0.15, -0.1) is 0 Å². The van der Waals surface area contributed by atoms with Crippen LogP contribution in [0.1, 0.15) is 39.0 Å². The maximum Gasteiger partial charge on any atom is 0.326 e. The number of rotatable bonds is 17. The Bertz CT molecular complexity index is 745. The first-order valence-corrected chi connectivity index (χ1v) is 11.9. The van der Waals surface area contributed by atoms with Gasteiger partial charge in [0.05, 0.1) is 6.04 Å². The van der Waals surface area contributed by atoms with Crippen molar-refractivity contribution in [3.8, 4) is 0 Å². The molecule has 0 saturated carbocycles. The van der Waals surface area contributed by atoms with Crippen LogP contribution in [0.25, 0.3) is 0 Å². The van der Waals surface area contributed by atoms with Crippen LogP contribution in [-0.4, -0.2) is 88.6 Å². The summed E-state index contributed by atoms with van der Waals surface area (Å²) in [5.74, 6) is -4.31. The van der Waals surface area contributed by atoms with Gasteiger partial charge in [-0.25, -0.2) is 4.79 Å². The van der Waals surface area contributed by atoms with Gasteiger partial charge in [0, 0.05) is 13.0 Å². The molecule has 0 aromatic carbocycles. The van der Waals surface area contributed by atoms with Gasteiger partial charge in [-0.3, -0.25) is 24.2 Å². The molecule has 194 valence electrons. The van der Waals surface area contributed by atoms with E-state index in [-0.39, 0.29) is 38.2 Å². The first-order valence-electron chi connectivity index (χ1n) is 10.5. The zero-order chi connectivity index (χ0) is 26.3. The second-order valence-electron chi connectivity index (χ2n) is 7.47. The number of guanidine groups is 1. The Morgan fingerprint density at radius 3 is 1.88 bits per heavy atom. The summed E-state index contributed by atoms with van der Waals surface area (Å²) >= 11 is 1.41. The monoisotopic (exact) mass is 505 g/mol. The van der Waals surface area contributed by atoms with E-state index in [9.17, 15) is 29.1 Å². The fraction of sp³-hybridized carbons (Fsp3) is 0.684. The number of aliphatic imine (C=N–C) groups is 1. The number of carbonyl (C=O) groups excluding carboxylic acids is 3. The van der Waals surface area contributed by atoms with E-state index in [1.807, 2.05) is 0 Å². The van der Waals surface area contributed by atoms with Crippen LogP contribution < -0.4 is 33.2 Å². The fourth-order valence-corrected chi connectivity index (χ4v) is 3.12. The van der Waals surface area contributed by atoms with Gasteiger partial charge in [0.15, 0.2) is 5.96 Å². The second kappa shape index (κ2) is 16.5. The van der Waals surface area contributed by atoms with Crippen molar-refractivity contribution in [2.75, 3.05) is 18.6 Å². The third kappa shape index (κ3) is 13.5. The van der Waals surface area contributed by atoms with E-state index in [0.717, 1.165) is 0 Å². The van der Waals surface area contributed by atoms with Crippen molar-refractivity contribution in [3.05, 3.63) is 0 Å². The first-order chi connectivity index (χ1) is 15.9. The molecule has 4 unspecified atom stereocenters. The molecular formula is C19H35N7O7S. The normalized spacial score (nSPS) is 14.1. The lowest BCUT2D eigenvalue weighted by Crippen LogP contribution is -2.57. The molecule has 0 aliphatic rings. The lowest BCUT2D eigenvalue weighted by molar-refractivity contribution is -0.142. The number of thioether (sulfide) groups is 1. The van der Waals surface area contributed by atoms with Crippen molar-refractivity contribution < 1.29 is 34.2 Å². The van der Waals surface area contributed by atoms with E-state index in [0.29, 0.717) is 5.75 Å². The average molecular weight is 506 g/mol. The van der Waals surface area contributed by atoms with Crippen LogP contribution in [-0.2, 0) is 24.0 Å². The molecule has 11 N–H and O–H groups in total. The molecule has 0 aromatic rings. The third-order valence-electron chi connectivity index (χ3n) is 4.50. The second-order valence-corrected chi connectivity index (χ2v) is 8.46. The molecular weight excluding hydrogens is 470 g/mol. The van der Waals surface area contributed by atoms with E-state index < -0.39 is 60.2 Å². The van der Waals surface area contributed by atoms with Crippen LogP contribution in [0.15, 0.2) is 4.99 Å². The van der Waals surface area contributed by atoms with Gasteiger partial charge in [-0.05, 0) is 44.6 Å². The first kappa shape index (κ1) is 30.9. The van der Waals surface area contributed by atoms with Crippen molar-refractivity contribution in [2.24, 2.45) is 22.2 Å². The molecule has 4 atom stereocenters. The largest absolute Gasteiger partial charge is 0.481 e. The Balaban J connectivity index is 5.55. The summed E-state index contributed by atoms with van der Waals surface area (Å²) in [4.78, 5) is 63.9. The number of carbonyl (C=O) groups is 5. The zero-order valence-electron chi connectivity index (χ0n) is 19.3. The lowest BCUT2D eigenvalue weighted by Gasteiger charge is -2.24. The van der Waals surface area contributed by atoms with E-state index in [1.54, 1.807) is 6.26 Å². The van der Waals surface area contributed by atoms with Gasteiger partial charge in [0.25, 0.3) is 0 Å². The molecule has 0 aliphatic carbocycles. The molecule has 3 amide bonds. The van der Waals surface area contributed by atoms with Gasteiger partial charge < -0.3 is 43.4 Å². The standard InChI is InChI=1S/C19H35N7O7S/c1-10(20)15(29)24-12(5-6-14(27)28)17(31)25-11(4-3-8-23-19(21)22)16(30)26-13(18(32)33)7-9-34-2/h10-13H,3-9,20H2,1-2H3,(H,24,29)(H,25,31)(H,26,30)(H,27,28)(H,32,33)(H4,21,22,23). The highest BCUT2D eigenvalue weighted by Gasteiger charge is 2.30. The maximum atomic E-state index is 12.8. The molecule has 34 heavy (non-hydrogen) atoms. The summed E-state index contributed by atoms with van der Waals surface area (Å²) in [6.07, 6.45) is 1.62. The molecule has 0 rings (SSSR count). The van der Waals surface area contributed by atoms with Gasteiger partial charge in [-0.2, -0.15) is 11.8 Å². The van der Waals surface area contributed by atoms with Crippen molar-refractivity contribution in [1.29, 1.82) is 0 Å². The van der Waals surface area contributed by atoms with E-state index in [2.05, 4.69) is 20.9 Å². The van der Waals surface area contributed by atoms with Crippen LogP contribution in [0.5, 0.6) is 0 Å². The Hall–Kier alpha value is -3.07. The summed E-state index contributed by atoms with van der Waals surface area (Å²) in [5.41, 5.74) is 16.1. The van der Waals surface area contributed by atoms with E-state index in [1.165, 1.54) is 18.7 Å². The number of amides is 3. The number of nitrogens with two attached hydrogens (primary N) is 3. The molecule has 0 aliphatic heterocycles. The number of carboxylic acid groups (broad SMARTS) is 2. The molecule has 0 heterocycles. The van der Waals surface area contributed by atoms with Crippen LogP contribution >= 0.6 is 11.8 Å². The highest BCUT2D eigenvalue weighted by Crippen LogP contribution is 2.06. The third-order valence-corrected chi connectivity index (χ3v) is 5.14. The number of nitrogens with zero attached hydrogens (tertiary/aromatic N) is 1. The number of aliphatic carboxylic acids is 2. The summed E-state index contributed by atoms with van der Waals surface area (Å²) in [6, 6.07) is -4.57. The average Bonchev–Trinajstić information content (AvgIpc) is 2.74. The van der Waals surface area contributed by atoms with Gasteiger partial charge >= 0.3 is 11.9 Å². The number of nitrogens with one attached hydrogen (secondary N) is 3. The number of hydrogen-bond donors (Lipinski definition) is 8. The zero-order valence-corrected chi connectivity index (χ0v) is 20.1. The smallest absolute Gasteiger partial charge is 0.326 e. The summed E-state index contributed by atoms with van der Waals surface area (Å²) in [5, 5.41) is 25.5. The lowest BCUT2D eigenvalue weighted by atomic mass is 10.1. The SMILES string of the molecule is CSCCC(NC(=O)C(CCCN=C(N)N)NC(=O)C(CCC(=O)O)NC(=O)C(C)N)C(=O)O. The highest BCUT2D eigenvalue weighted by atomic mass is 32.2. The van der Waals surface area contributed by atoms with Crippen molar-refractivity contribution in [1.82, 2.24) is 16.0 Å². The number of carboxylic acids is 2. The maximum absolute atomic E-state index is 12.8. The summed E-state index contributed by atoms with van der Waals surface area (Å²) in [6.45, 7) is 1.54. The molecule has 0 saturated heterocycles. The van der Waals surface area contributed by atoms with Crippen molar-refractivity contribution >= 4 is 47.4 Å². The Morgan fingerprint density at radius 2 is 1.41 bits per heavy atom. The van der Waals surface area contributed by atoms with Crippen molar-refractivity contribution in [2.45, 2.75) is 63.2 Å². The molecule has 0 spiro atoms. The molecule has 0 bridgehead atoms. The molecule has 15 heteroatoms. The summed E-state index contributed by atoms with van der Waals surface area (Å²) < 4.78 is 0. The highest BCUT2D eigenvalue weighted by molar-refractivity contribution is 7.98. The minimum absolute atomic E-state index is 0.0517. The predicted molar refractivity (Wildman–Crippen MR) is 127 cm³/mol. The van der Waals surface area contributed by atoms with Crippen LogP contribution in [0.3, 0.4) is 0 Å². The number of hydrogen-bond acceptors (Lipinski definition) is 8. The molecule has 0 radical (unpaired) electrons. The van der Waals surface area contributed by atoms with Gasteiger partial charge in [0.1, 0.15) is 18.1 Å². The molecule has 0 fully saturated rings. The van der Waals surface area contributed by atoms with E-state index in [4.69, 9.17) is 22.3 Å². The topological polar surface area (TPSA) is 252 Å². The Labute approximate surface area is 201 Å². The van der Waals surface area contributed by atoms with Crippen LogP contribution in [0.2, 0.25) is 0 Å². The summed E-state index contributed by atoms with van der Waals surface area (Å²) in [7, 11) is 0. The van der Waals surface area contributed by atoms with Crippen LogP contribution in [0, 0.1) is 0 Å². The molecule has 14 nitrogen and oxygen atoms in total. The van der Waals surface area contributed by atoms with Crippen molar-refractivity contribution in [3.63, 3.8) is 0 Å². The van der Waals surface area contributed by atoms with E-state index >= 15 is 0 Å². The fourth-order valence-electron chi connectivity index (χ4n) is 2.65. The van der Waals surface area contributed by atoms with Gasteiger partial charge in [0.2, 0.25) is 17.7 Å². The quantitative estimate of drug-likeness (QED) is 0.0584. The van der Waals surface area contributed by atoms with Crippen LogP contribution in [0.4, 0.5) is 0 Å². The molecule has 0 aromatic heterocycles. The Morgan fingerprint density at radius 1 is 0.882 bits per heavy atom. The minimum atomic E-state index is -1.27.